The van der Waals surface area contributed by atoms with Crippen molar-refractivity contribution in [1.82, 2.24) is 24.8 Å². The molecule has 2 aromatic heterocycles. The molecular formula is C32H32ClFN7O+. The number of nitriles is 1. The van der Waals surface area contributed by atoms with Gasteiger partial charge in [-0.15, -0.1) is 0 Å². The zero-order valence-electron chi connectivity index (χ0n) is 23.6. The molecule has 2 aromatic carbocycles. The average Bonchev–Trinajstić information content (AvgIpc) is 3.72. The van der Waals surface area contributed by atoms with E-state index in [0.29, 0.717) is 34.9 Å². The second-order valence-electron chi connectivity index (χ2n) is 11.7. The van der Waals surface area contributed by atoms with Crippen LogP contribution in [-0.2, 0) is 0 Å². The monoisotopic (exact) mass is 584 g/mol. The van der Waals surface area contributed by atoms with E-state index in [-0.39, 0.29) is 28.7 Å². The first-order valence-electron chi connectivity index (χ1n) is 14.6. The third-order valence-corrected chi connectivity index (χ3v) is 9.48. The Morgan fingerprint density at radius 2 is 1.95 bits per heavy atom. The van der Waals surface area contributed by atoms with Crippen molar-refractivity contribution in [2.45, 2.75) is 37.6 Å². The fourth-order valence-electron chi connectivity index (χ4n) is 7.08. The standard InChI is InChI=1S/C32H32ClFN7O/c1-39(17-21-10-15-40(18-21)20-35)30-24-16-36-28(23-8-2-6-22-7-3-9-25(33)26(22)23)27(34)29(24)37-31(38-30)42-19-32-11-4-13-41(32)14-5-12-32/h2-3,6-9,16-17,21H,4-5,10-15,18-19H2,1H3/q+1/b39-17-. The van der Waals surface area contributed by atoms with Gasteiger partial charge in [0, 0.05) is 46.2 Å². The summed E-state index contributed by atoms with van der Waals surface area (Å²) in [5.74, 6) is 0.148. The highest BCUT2D eigenvalue weighted by molar-refractivity contribution is 6.36. The number of likely N-dealkylation sites (tertiary alicyclic amines) is 1. The summed E-state index contributed by atoms with van der Waals surface area (Å²) >= 11 is 6.59. The van der Waals surface area contributed by atoms with Crippen LogP contribution in [0.4, 0.5) is 10.2 Å². The van der Waals surface area contributed by atoms with E-state index in [1.807, 2.05) is 48.2 Å². The molecule has 42 heavy (non-hydrogen) atoms. The fourth-order valence-corrected chi connectivity index (χ4v) is 7.37. The molecule has 0 amide bonds. The van der Waals surface area contributed by atoms with Crippen molar-refractivity contribution in [1.29, 1.82) is 5.26 Å². The summed E-state index contributed by atoms with van der Waals surface area (Å²) in [4.78, 5) is 18.3. The predicted molar refractivity (Wildman–Crippen MR) is 161 cm³/mol. The van der Waals surface area contributed by atoms with Crippen molar-refractivity contribution >= 4 is 45.3 Å². The van der Waals surface area contributed by atoms with E-state index in [1.54, 1.807) is 17.2 Å². The predicted octanol–water partition coefficient (Wildman–Crippen LogP) is 5.79. The summed E-state index contributed by atoms with van der Waals surface area (Å²) in [5, 5.41) is 12.0. The molecule has 1 atom stereocenters. The van der Waals surface area contributed by atoms with Crippen molar-refractivity contribution in [3.63, 3.8) is 0 Å². The summed E-state index contributed by atoms with van der Waals surface area (Å²) in [6.45, 7) is 4.01. The molecule has 3 saturated heterocycles. The SMILES string of the molecule is C/[N+](=C/C1CCN(C#N)C1)c1nc(OCC23CCCN2CCC3)nc2c(F)c(-c3cccc4cccc(Cl)c34)ncc12. The number of ether oxygens (including phenoxy) is 1. The minimum absolute atomic E-state index is 0.00274. The Hall–Kier alpha value is -3.87. The second-order valence-corrected chi connectivity index (χ2v) is 12.1. The van der Waals surface area contributed by atoms with Gasteiger partial charge in [0.2, 0.25) is 0 Å². The lowest BCUT2D eigenvalue weighted by atomic mass is 9.95. The van der Waals surface area contributed by atoms with Crippen LogP contribution in [-0.4, -0.2) is 80.9 Å². The Morgan fingerprint density at radius 1 is 1.17 bits per heavy atom. The zero-order valence-corrected chi connectivity index (χ0v) is 24.3. The number of pyridine rings is 1. The molecule has 0 saturated carbocycles. The maximum atomic E-state index is 16.6. The van der Waals surface area contributed by atoms with Crippen molar-refractivity contribution < 1.29 is 13.7 Å². The molecular weight excluding hydrogens is 553 g/mol. The van der Waals surface area contributed by atoms with Crippen LogP contribution in [0.15, 0.2) is 42.6 Å². The topological polar surface area (TPSA) is 81.2 Å². The van der Waals surface area contributed by atoms with Gasteiger partial charge < -0.3 is 9.64 Å². The van der Waals surface area contributed by atoms with Gasteiger partial charge in [-0.05, 0) is 56.6 Å². The molecule has 0 bridgehead atoms. The van der Waals surface area contributed by atoms with Crippen LogP contribution in [0.1, 0.15) is 32.1 Å². The number of aromatic nitrogens is 3. The van der Waals surface area contributed by atoms with Crippen molar-refractivity contribution in [3.05, 3.63) is 53.4 Å². The normalized spacial score (nSPS) is 20.4. The van der Waals surface area contributed by atoms with E-state index in [1.165, 1.54) is 0 Å². The number of halogens is 2. The largest absolute Gasteiger partial charge is 0.443 e. The van der Waals surface area contributed by atoms with Gasteiger partial charge in [0.1, 0.15) is 23.2 Å². The number of hydrogen-bond donors (Lipinski definition) is 0. The molecule has 0 spiro atoms. The van der Waals surface area contributed by atoms with Gasteiger partial charge in [-0.25, -0.2) is 8.97 Å². The molecule has 3 aliphatic rings. The molecule has 5 heterocycles. The number of nitrogens with zero attached hydrogens (tertiary/aromatic N) is 7. The molecule has 10 heteroatoms. The van der Waals surface area contributed by atoms with Crippen molar-refractivity contribution in [3.8, 4) is 23.5 Å². The number of fused-ring (bicyclic) bond motifs is 3. The highest BCUT2D eigenvalue weighted by atomic mass is 35.5. The third-order valence-electron chi connectivity index (χ3n) is 9.17. The molecule has 8 nitrogen and oxygen atoms in total. The second kappa shape index (κ2) is 10.8. The molecule has 4 aromatic rings. The average molecular weight is 585 g/mol. The molecule has 1 unspecified atom stereocenters. The van der Waals surface area contributed by atoms with Gasteiger partial charge in [-0.2, -0.15) is 10.2 Å². The van der Waals surface area contributed by atoms with Crippen LogP contribution in [0.2, 0.25) is 5.02 Å². The molecule has 7 rings (SSSR count). The Kier molecular flexibility index (Phi) is 6.91. The van der Waals surface area contributed by atoms with Crippen molar-refractivity contribution in [2.75, 3.05) is 39.8 Å². The van der Waals surface area contributed by atoms with Crippen LogP contribution in [0.5, 0.6) is 6.01 Å². The van der Waals surface area contributed by atoms with Crippen LogP contribution >= 0.6 is 11.6 Å². The quantitative estimate of drug-likeness (QED) is 0.161. The summed E-state index contributed by atoms with van der Waals surface area (Å²) in [7, 11) is 1.89. The first-order chi connectivity index (χ1) is 20.5. The number of hydrogen-bond acceptors (Lipinski definition) is 7. The lowest BCUT2D eigenvalue weighted by Gasteiger charge is -2.30. The maximum Gasteiger partial charge on any atom is 0.434 e. The highest BCUT2D eigenvalue weighted by Gasteiger charge is 2.45. The number of benzene rings is 2. The minimum atomic E-state index is -0.542. The molecule has 0 N–H and O–H groups in total. The Labute approximate surface area is 249 Å². The van der Waals surface area contributed by atoms with Crippen molar-refractivity contribution in [2.24, 2.45) is 5.92 Å². The first kappa shape index (κ1) is 27.0. The van der Waals surface area contributed by atoms with Gasteiger partial charge in [0.05, 0.1) is 18.8 Å². The first-order valence-corrected chi connectivity index (χ1v) is 15.0. The minimum Gasteiger partial charge on any atom is -0.443 e. The summed E-state index contributed by atoms with van der Waals surface area (Å²) in [5.41, 5.74) is 0.943. The molecule has 0 aliphatic carbocycles. The van der Waals surface area contributed by atoms with Crippen LogP contribution < -0.4 is 4.74 Å². The highest BCUT2D eigenvalue weighted by Crippen LogP contribution is 2.40. The van der Waals surface area contributed by atoms with Gasteiger partial charge in [0.25, 0.3) is 0 Å². The maximum absolute atomic E-state index is 16.6. The Bertz CT molecular complexity index is 1750. The van der Waals surface area contributed by atoms with E-state index in [0.717, 1.165) is 62.5 Å². The van der Waals surface area contributed by atoms with E-state index < -0.39 is 5.82 Å². The fraction of sp³-hybridized carbons (Fsp3) is 0.406. The Balaban J connectivity index is 1.34. The van der Waals surface area contributed by atoms with Gasteiger partial charge in [0.15, 0.2) is 12.0 Å². The lowest BCUT2D eigenvalue weighted by molar-refractivity contribution is -0.405. The molecule has 214 valence electrons. The van der Waals surface area contributed by atoms with E-state index in [4.69, 9.17) is 21.3 Å². The van der Waals surface area contributed by atoms with Gasteiger partial charge >= 0.3 is 11.8 Å². The summed E-state index contributed by atoms with van der Waals surface area (Å²) < 4.78 is 24.8. The van der Waals surface area contributed by atoms with Crippen LogP contribution in [0.25, 0.3) is 32.9 Å². The van der Waals surface area contributed by atoms with E-state index in [2.05, 4.69) is 21.1 Å². The summed E-state index contributed by atoms with van der Waals surface area (Å²) in [6.07, 6.45) is 11.3. The molecule has 0 radical (unpaired) electrons. The van der Waals surface area contributed by atoms with Crippen LogP contribution in [0, 0.1) is 23.2 Å². The Morgan fingerprint density at radius 3 is 2.71 bits per heavy atom. The number of rotatable bonds is 6. The molecule has 3 fully saturated rings. The smallest absolute Gasteiger partial charge is 0.434 e. The van der Waals surface area contributed by atoms with Gasteiger partial charge in [-0.1, -0.05) is 41.9 Å². The molecule has 3 aliphatic heterocycles. The van der Waals surface area contributed by atoms with E-state index in [9.17, 15) is 5.26 Å². The van der Waals surface area contributed by atoms with Gasteiger partial charge in [-0.3, -0.25) is 9.88 Å². The van der Waals surface area contributed by atoms with E-state index >= 15 is 4.39 Å². The third kappa shape index (κ3) is 4.63. The van der Waals surface area contributed by atoms with Crippen LogP contribution in [0.3, 0.4) is 0 Å². The lowest BCUT2D eigenvalue weighted by Crippen LogP contribution is -2.43. The zero-order chi connectivity index (χ0) is 28.8. The summed E-state index contributed by atoms with van der Waals surface area (Å²) in [6, 6.07) is 11.4.